The van der Waals surface area contributed by atoms with Crippen molar-refractivity contribution in [1.82, 2.24) is 19.6 Å². The first kappa shape index (κ1) is 12.2. The molecule has 0 spiro atoms. The lowest BCUT2D eigenvalue weighted by molar-refractivity contribution is -0.0224. The molecule has 4 atom stereocenters. The molecule has 0 radical (unpaired) electrons. The summed E-state index contributed by atoms with van der Waals surface area (Å²) >= 11 is 0. The van der Waals surface area contributed by atoms with Gasteiger partial charge in [-0.3, -0.25) is 0 Å². The number of nitrogens with two attached hydrogens (primary N) is 1. The molecule has 9 nitrogen and oxygen atoms in total. The molecule has 0 saturated carbocycles. The highest BCUT2D eigenvalue weighted by atomic mass is 16.6. The van der Waals surface area contributed by atoms with E-state index in [0.29, 0.717) is 11.2 Å². The Bertz CT molecular complexity index is 603. The van der Waals surface area contributed by atoms with Crippen LogP contribution in [0.1, 0.15) is 11.7 Å². The second-order valence-corrected chi connectivity index (χ2v) is 4.33. The van der Waals surface area contributed by atoms with Gasteiger partial charge in [0.2, 0.25) is 5.95 Å². The Balaban J connectivity index is 2.04. The molecule has 1 aliphatic rings. The van der Waals surface area contributed by atoms with E-state index in [4.69, 9.17) is 15.6 Å². The Hall–Kier alpha value is -1.81. The molecule has 2 aromatic heterocycles. The van der Waals surface area contributed by atoms with Crippen LogP contribution in [-0.4, -0.2) is 59.8 Å². The molecular formula is C10H13N5O4. The van der Waals surface area contributed by atoms with E-state index in [1.165, 1.54) is 17.0 Å². The van der Waals surface area contributed by atoms with Crippen LogP contribution in [0, 0.1) is 0 Å². The molecule has 102 valence electrons. The number of hydrogen-bond donors (Lipinski definition) is 4. The monoisotopic (exact) mass is 267 g/mol. The quantitative estimate of drug-likeness (QED) is 0.483. The summed E-state index contributed by atoms with van der Waals surface area (Å²) in [6, 6.07) is 0. The average molecular weight is 267 g/mol. The van der Waals surface area contributed by atoms with Crippen molar-refractivity contribution in [2.45, 2.75) is 24.4 Å². The number of aliphatic hydroxyl groups is 3. The summed E-state index contributed by atoms with van der Waals surface area (Å²) in [6.45, 7) is -0.384. The van der Waals surface area contributed by atoms with Crippen LogP contribution < -0.4 is 5.73 Å². The molecule has 2 aromatic rings. The minimum atomic E-state index is -1.17. The highest BCUT2D eigenvalue weighted by Crippen LogP contribution is 2.34. The van der Waals surface area contributed by atoms with E-state index in [9.17, 15) is 10.2 Å². The van der Waals surface area contributed by atoms with E-state index in [2.05, 4.69) is 15.1 Å². The molecular weight excluding hydrogens is 254 g/mol. The summed E-state index contributed by atoms with van der Waals surface area (Å²) in [4.78, 5) is 7.82. The standard InChI is InChI=1S/C10H13N5O4/c11-10-13-3-12-9-4(1-14-15(9)10)8-7(18)6(17)5(2-16)19-8/h1,3,5-8,16-18H,2H2,(H2,11,12,13)/t5-,6?,7+,8+/m1/s1. The molecule has 1 aliphatic heterocycles. The first-order valence-corrected chi connectivity index (χ1v) is 5.70. The largest absolute Gasteiger partial charge is 0.394 e. The molecule has 1 fully saturated rings. The van der Waals surface area contributed by atoms with Crippen molar-refractivity contribution >= 4 is 11.6 Å². The maximum absolute atomic E-state index is 9.96. The lowest BCUT2D eigenvalue weighted by atomic mass is 10.0. The zero-order valence-corrected chi connectivity index (χ0v) is 9.79. The van der Waals surface area contributed by atoms with Crippen molar-refractivity contribution in [3.8, 4) is 0 Å². The number of aliphatic hydroxyl groups excluding tert-OH is 3. The second-order valence-electron chi connectivity index (χ2n) is 4.33. The Labute approximate surface area is 107 Å². The minimum absolute atomic E-state index is 0.156. The predicted octanol–water partition coefficient (Wildman–Crippen LogP) is -2.14. The first-order chi connectivity index (χ1) is 9.13. The molecule has 3 rings (SSSR count). The fraction of sp³-hybridized carbons (Fsp3) is 0.500. The van der Waals surface area contributed by atoms with E-state index in [1.807, 2.05) is 0 Å². The normalized spacial score (nSPS) is 31.1. The molecule has 3 heterocycles. The molecule has 9 heteroatoms. The topological polar surface area (TPSA) is 139 Å². The van der Waals surface area contributed by atoms with Gasteiger partial charge in [-0.1, -0.05) is 0 Å². The van der Waals surface area contributed by atoms with E-state index in [0.717, 1.165) is 0 Å². The van der Waals surface area contributed by atoms with Crippen LogP contribution in [0.4, 0.5) is 5.95 Å². The fourth-order valence-electron chi connectivity index (χ4n) is 2.21. The van der Waals surface area contributed by atoms with Gasteiger partial charge in [-0.2, -0.15) is 9.61 Å². The van der Waals surface area contributed by atoms with E-state index >= 15 is 0 Å². The maximum atomic E-state index is 9.96. The zero-order valence-electron chi connectivity index (χ0n) is 9.79. The minimum Gasteiger partial charge on any atom is -0.394 e. The van der Waals surface area contributed by atoms with Crippen molar-refractivity contribution in [2.75, 3.05) is 12.3 Å². The number of aromatic nitrogens is 4. The van der Waals surface area contributed by atoms with Gasteiger partial charge < -0.3 is 25.8 Å². The van der Waals surface area contributed by atoms with Crippen LogP contribution in [0.3, 0.4) is 0 Å². The molecule has 0 bridgehead atoms. The lowest BCUT2D eigenvalue weighted by Gasteiger charge is -2.12. The Kier molecular flexibility index (Phi) is 2.82. The number of nitrogens with zero attached hydrogens (tertiary/aromatic N) is 4. The molecule has 19 heavy (non-hydrogen) atoms. The smallest absolute Gasteiger partial charge is 0.224 e. The van der Waals surface area contributed by atoms with Gasteiger partial charge in [0.25, 0.3) is 0 Å². The third kappa shape index (κ3) is 1.75. The summed E-state index contributed by atoms with van der Waals surface area (Å²) in [5, 5.41) is 32.8. The summed E-state index contributed by atoms with van der Waals surface area (Å²) in [5.41, 5.74) is 6.51. The summed E-state index contributed by atoms with van der Waals surface area (Å²) < 4.78 is 6.73. The van der Waals surface area contributed by atoms with Crippen molar-refractivity contribution in [3.63, 3.8) is 0 Å². The molecule has 1 saturated heterocycles. The Morgan fingerprint density at radius 3 is 2.79 bits per heavy atom. The van der Waals surface area contributed by atoms with Gasteiger partial charge in [0.15, 0.2) is 5.65 Å². The van der Waals surface area contributed by atoms with Crippen LogP contribution in [0.15, 0.2) is 12.5 Å². The van der Waals surface area contributed by atoms with E-state index < -0.39 is 24.4 Å². The van der Waals surface area contributed by atoms with Gasteiger partial charge in [-0.05, 0) is 0 Å². The number of fused-ring (bicyclic) bond motifs is 1. The molecule has 0 aliphatic carbocycles. The third-order valence-corrected chi connectivity index (χ3v) is 3.21. The van der Waals surface area contributed by atoms with Crippen molar-refractivity contribution in [1.29, 1.82) is 0 Å². The van der Waals surface area contributed by atoms with Gasteiger partial charge in [0.1, 0.15) is 30.7 Å². The highest BCUT2D eigenvalue weighted by molar-refractivity contribution is 5.50. The van der Waals surface area contributed by atoms with E-state index in [1.54, 1.807) is 0 Å². The number of ether oxygens (including phenoxy) is 1. The van der Waals surface area contributed by atoms with Gasteiger partial charge in [0.05, 0.1) is 12.8 Å². The van der Waals surface area contributed by atoms with Crippen LogP contribution in [-0.2, 0) is 4.74 Å². The maximum Gasteiger partial charge on any atom is 0.224 e. The first-order valence-electron chi connectivity index (χ1n) is 5.70. The van der Waals surface area contributed by atoms with Crippen molar-refractivity contribution in [2.24, 2.45) is 0 Å². The average Bonchev–Trinajstić information content (AvgIpc) is 2.94. The second kappa shape index (κ2) is 4.38. The third-order valence-electron chi connectivity index (χ3n) is 3.21. The van der Waals surface area contributed by atoms with Gasteiger partial charge in [-0.15, -0.1) is 0 Å². The Morgan fingerprint density at radius 2 is 2.11 bits per heavy atom. The number of rotatable bonds is 2. The van der Waals surface area contributed by atoms with Crippen LogP contribution in [0.25, 0.3) is 5.65 Å². The molecule has 0 amide bonds. The van der Waals surface area contributed by atoms with Gasteiger partial charge in [0, 0.05) is 5.56 Å². The van der Waals surface area contributed by atoms with Gasteiger partial charge >= 0.3 is 0 Å². The van der Waals surface area contributed by atoms with E-state index in [-0.39, 0.29) is 12.6 Å². The SMILES string of the molecule is Nc1ncnc2c([C@@H]3O[C@H](CO)C(O)[C@@H]3O)cnn12. The van der Waals surface area contributed by atoms with Gasteiger partial charge in [-0.25, -0.2) is 9.97 Å². The number of hydrogen-bond acceptors (Lipinski definition) is 8. The summed E-state index contributed by atoms with van der Waals surface area (Å²) in [5.74, 6) is 0.156. The summed E-state index contributed by atoms with van der Waals surface area (Å²) in [6.07, 6.45) is -1.27. The molecule has 5 N–H and O–H groups in total. The number of anilines is 1. The Morgan fingerprint density at radius 1 is 1.32 bits per heavy atom. The van der Waals surface area contributed by atoms with Crippen LogP contribution in [0.2, 0.25) is 0 Å². The summed E-state index contributed by atoms with van der Waals surface area (Å²) in [7, 11) is 0. The zero-order chi connectivity index (χ0) is 13.6. The molecule has 1 unspecified atom stereocenters. The van der Waals surface area contributed by atoms with Crippen LogP contribution >= 0.6 is 0 Å². The highest BCUT2D eigenvalue weighted by Gasteiger charge is 2.44. The predicted molar refractivity (Wildman–Crippen MR) is 61.9 cm³/mol. The lowest BCUT2D eigenvalue weighted by Crippen LogP contribution is -2.32. The fourth-order valence-corrected chi connectivity index (χ4v) is 2.21. The number of nitrogen functional groups attached to an aromatic ring is 1. The van der Waals surface area contributed by atoms with Crippen LogP contribution in [0.5, 0.6) is 0 Å². The molecule has 0 aromatic carbocycles. The van der Waals surface area contributed by atoms with Crippen molar-refractivity contribution in [3.05, 3.63) is 18.1 Å². The van der Waals surface area contributed by atoms with Crippen molar-refractivity contribution < 1.29 is 20.1 Å².